The van der Waals surface area contributed by atoms with Gasteiger partial charge in [-0.3, -0.25) is 9.52 Å². The lowest BCUT2D eigenvalue weighted by Gasteiger charge is -2.09. The van der Waals surface area contributed by atoms with Crippen LogP contribution in [-0.2, 0) is 14.8 Å². The molecule has 0 bridgehead atoms. The van der Waals surface area contributed by atoms with Gasteiger partial charge in [0.05, 0.1) is 4.90 Å². The number of carboxylic acid groups (broad SMARTS) is 1. The largest absolute Gasteiger partial charge is 0.480 e. The first-order valence-corrected chi connectivity index (χ1v) is 6.79. The molecule has 98 valence electrons. The van der Waals surface area contributed by atoms with E-state index in [9.17, 15) is 13.2 Å². The van der Waals surface area contributed by atoms with Crippen LogP contribution >= 0.6 is 12.2 Å². The van der Waals surface area contributed by atoms with E-state index in [1.165, 1.54) is 12.1 Å². The highest BCUT2D eigenvalue weighted by molar-refractivity contribution is 7.91. The van der Waals surface area contributed by atoms with Crippen LogP contribution in [0.1, 0.15) is 5.56 Å². The second kappa shape index (κ2) is 5.78. The van der Waals surface area contributed by atoms with E-state index in [2.05, 4.69) is 22.3 Å². The third-order valence-corrected chi connectivity index (χ3v) is 3.70. The summed E-state index contributed by atoms with van der Waals surface area (Å²) in [6.45, 7) is 1.39. The number of nitrogens with one attached hydrogen (secondary N) is 2. The van der Waals surface area contributed by atoms with Gasteiger partial charge in [-0.2, -0.15) is 0 Å². The number of aryl methyl sites for hydroxylation is 1. The summed E-state index contributed by atoms with van der Waals surface area (Å²) in [4.78, 5) is 10.3. The Kier molecular flexibility index (Phi) is 4.62. The molecule has 3 N–H and O–H groups in total. The van der Waals surface area contributed by atoms with Crippen molar-refractivity contribution in [1.29, 1.82) is 0 Å². The van der Waals surface area contributed by atoms with Crippen LogP contribution in [0.4, 0.5) is 0 Å². The van der Waals surface area contributed by atoms with E-state index in [0.717, 1.165) is 5.56 Å². The average Bonchev–Trinajstić information content (AvgIpc) is 2.26. The maximum absolute atomic E-state index is 11.8. The van der Waals surface area contributed by atoms with Crippen LogP contribution in [-0.4, -0.2) is 31.2 Å². The van der Waals surface area contributed by atoms with Crippen LogP contribution < -0.4 is 10.0 Å². The Morgan fingerprint density at radius 2 is 1.89 bits per heavy atom. The monoisotopic (exact) mass is 288 g/mol. The van der Waals surface area contributed by atoms with Gasteiger partial charge in [-0.15, -0.1) is 0 Å². The number of hydrogen-bond donors (Lipinski definition) is 3. The number of hydrogen-bond acceptors (Lipinski definition) is 4. The predicted molar refractivity (Wildman–Crippen MR) is 69.7 cm³/mol. The van der Waals surface area contributed by atoms with Gasteiger partial charge in [-0.25, -0.2) is 8.42 Å². The Balaban J connectivity index is 2.73. The Hall–Kier alpha value is -1.67. The van der Waals surface area contributed by atoms with Gasteiger partial charge in [0.1, 0.15) is 6.54 Å². The molecule has 0 saturated heterocycles. The maximum Gasteiger partial charge on any atom is 0.322 e. The van der Waals surface area contributed by atoms with Crippen LogP contribution in [0, 0.1) is 6.92 Å². The van der Waals surface area contributed by atoms with Gasteiger partial charge >= 0.3 is 5.97 Å². The molecular weight excluding hydrogens is 276 g/mol. The van der Waals surface area contributed by atoms with Crippen LogP contribution in [0.25, 0.3) is 0 Å². The van der Waals surface area contributed by atoms with E-state index in [-0.39, 0.29) is 10.0 Å². The molecule has 0 unspecified atom stereocenters. The molecule has 0 aliphatic carbocycles. The minimum Gasteiger partial charge on any atom is -0.480 e. The first-order valence-electron chi connectivity index (χ1n) is 4.90. The summed E-state index contributed by atoms with van der Waals surface area (Å²) in [6, 6.07) is 6.19. The standard InChI is InChI=1S/C10H12N2O4S2/c1-7-2-4-8(5-3-7)18(15,16)12-10(17)11-6-9(13)14/h2-5H,6H2,1H3,(H,13,14)(H2,11,12,17). The average molecular weight is 288 g/mol. The number of rotatable bonds is 4. The maximum atomic E-state index is 11.8. The molecular formula is C10H12N2O4S2. The van der Waals surface area contributed by atoms with E-state index in [4.69, 9.17) is 5.11 Å². The van der Waals surface area contributed by atoms with Crippen molar-refractivity contribution in [2.75, 3.05) is 6.54 Å². The normalized spacial score (nSPS) is 10.7. The smallest absolute Gasteiger partial charge is 0.322 e. The molecule has 0 radical (unpaired) electrons. The SMILES string of the molecule is Cc1ccc(S(=O)(=O)NC(=S)NCC(=O)O)cc1. The third-order valence-electron chi connectivity index (χ3n) is 1.96. The fraction of sp³-hybridized carbons (Fsp3) is 0.200. The van der Waals surface area contributed by atoms with Crippen molar-refractivity contribution < 1.29 is 18.3 Å². The quantitative estimate of drug-likeness (QED) is 0.687. The Labute approximate surface area is 110 Å². The van der Waals surface area contributed by atoms with E-state index >= 15 is 0 Å². The molecule has 0 amide bonds. The summed E-state index contributed by atoms with van der Waals surface area (Å²) in [6.07, 6.45) is 0. The highest BCUT2D eigenvalue weighted by Crippen LogP contribution is 2.09. The summed E-state index contributed by atoms with van der Waals surface area (Å²) in [5.41, 5.74) is 0.931. The van der Waals surface area contributed by atoms with Crippen molar-refractivity contribution in [3.05, 3.63) is 29.8 Å². The van der Waals surface area contributed by atoms with Gasteiger partial charge in [-0.05, 0) is 31.3 Å². The van der Waals surface area contributed by atoms with Crippen molar-refractivity contribution in [2.24, 2.45) is 0 Å². The lowest BCUT2D eigenvalue weighted by molar-refractivity contribution is -0.135. The molecule has 1 rings (SSSR count). The number of benzene rings is 1. The first kappa shape index (κ1) is 14.4. The van der Waals surface area contributed by atoms with E-state index in [1.807, 2.05) is 6.92 Å². The van der Waals surface area contributed by atoms with Gasteiger partial charge in [0.15, 0.2) is 5.11 Å². The summed E-state index contributed by atoms with van der Waals surface area (Å²) in [5.74, 6) is -1.13. The van der Waals surface area contributed by atoms with Crippen LogP contribution in [0.3, 0.4) is 0 Å². The molecule has 0 saturated carbocycles. The summed E-state index contributed by atoms with van der Waals surface area (Å²) in [5, 5.41) is 10.4. The lowest BCUT2D eigenvalue weighted by Crippen LogP contribution is -2.41. The van der Waals surface area contributed by atoms with Crippen LogP contribution in [0.5, 0.6) is 0 Å². The second-order valence-electron chi connectivity index (χ2n) is 3.49. The van der Waals surface area contributed by atoms with Crippen LogP contribution in [0.2, 0.25) is 0 Å². The molecule has 0 aromatic heterocycles. The Bertz CT molecular complexity index is 552. The fourth-order valence-electron chi connectivity index (χ4n) is 1.09. The molecule has 0 atom stereocenters. The molecule has 6 nitrogen and oxygen atoms in total. The van der Waals surface area contributed by atoms with Crippen molar-refractivity contribution in [3.8, 4) is 0 Å². The molecule has 18 heavy (non-hydrogen) atoms. The summed E-state index contributed by atoms with van der Waals surface area (Å²) >= 11 is 4.68. The lowest BCUT2D eigenvalue weighted by atomic mass is 10.2. The predicted octanol–water partition coefficient (Wildman–Crippen LogP) is 0.232. The minimum absolute atomic E-state index is 0.0626. The number of sulfonamides is 1. The zero-order chi connectivity index (χ0) is 13.8. The van der Waals surface area contributed by atoms with Crippen molar-refractivity contribution >= 4 is 33.3 Å². The van der Waals surface area contributed by atoms with Gasteiger partial charge in [0.25, 0.3) is 10.0 Å². The topological polar surface area (TPSA) is 95.5 Å². The molecule has 0 spiro atoms. The highest BCUT2D eigenvalue weighted by atomic mass is 32.2. The van der Waals surface area contributed by atoms with Crippen molar-refractivity contribution in [3.63, 3.8) is 0 Å². The third kappa shape index (κ3) is 4.30. The highest BCUT2D eigenvalue weighted by Gasteiger charge is 2.15. The van der Waals surface area contributed by atoms with E-state index < -0.39 is 22.5 Å². The summed E-state index contributed by atoms with van der Waals surface area (Å²) in [7, 11) is -3.77. The molecule has 8 heteroatoms. The minimum atomic E-state index is -3.77. The second-order valence-corrected chi connectivity index (χ2v) is 5.59. The van der Waals surface area contributed by atoms with Gasteiger partial charge < -0.3 is 10.4 Å². The molecule has 0 fully saturated rings. The van der Waals surface area contributed by atoms with Gasteiger partial charge in [0, 0.05) is 0 Å². The number of carboxylic acids is 1. The zero-order valence-electron chi connectivity index (χ0n) is 9.50. The fourth-order valence-corrected chi connectivity index (χ4v) is 2.42. The molecule has 0 heterocycles. The summed E-state index contributed by atoms with van der Waals surface area (Å²) < 4.78 is 25.7. The van der Waals surface area contributed by atoms with Gasteiger partial charge in [0.2, 0.25) is 0 Å². The Morgan fingerprint density at radius 1 is 1.33 bits per heavy atom. The molecule has 0 aliphatic heterocycles. The number of aliphatic carboxylic acids is 1. The first-order chi connectivity index (χ1) is 8.31. The van der Waals surface area contributed by atoms with Crippen LogP contribution in [0.15, 0.2) is 29.2 Å². The zero-order valence-corrected chi connectivity index (χ0v) is 11.1. The molecule has 1 aromatic rings. The Morgan fingerprint density at radius 3 is 2.39 bits per heavy atom. The van der Waals surface area contributed by atoms with Gasteiger partial charge in [-0.1, -0.05) is 17.7 Å². The number of carbonyl (C=O) groups is 1. The molecule has 0 aliphatic rings. The van der Waals surface area contributed by atoms with Crippen molar-refractivity contribution in [2.45, 2.75) is 11.8 Å². The van der Waals surface area contributed by atoms with E-state index in [1.54, 1.807) is 12.1 Å². The molecule has 1 aromatic carbocycles. The van der Waals surface area contributed by atoms with E-state index in [0.29, 0.717) is 0 Å². The van der Waals surface area contributed by atoms with Crippen molar-refractivity contribution in [1.82, 2.24) is 10.0 Å². The number of thiocarbonyl (C=S) groups is 1.